The Balaban J connectivity index is 1.01. The molecule has 0 spiro atoms. The summed E-state index contributed by atoms with van der Waals surface area (Å²) in [5.74, 6) is -6.15. The average Bonchev–Trinajstić information content (AvgIpc) is 4.01. The minimum Gasteiger partial charge on any atom is -0.489 e. The number of pyridine rings is 1. The molecule has 19 nitrogen and oxygen atoms in total. The van der Waals surface area contributed by atoms with Gasteiger partial charge in [-0.15, -0.1) is 0 Å². The van der Waals surface area contributed by atoms with Gasteiger partial charge in [-0.2, -0.15) is 9.49 Å². The third kappa shape index (κ3) is 14.4. The molecule has 5 N–H and O–H groups in total. The normalized spacial score (nSPS) is 13.2. The van der Waals surface area contributed by atoms with Crippen LogP contribution in [-0.4, -0.2) is 121 Å². The summed E-state index contributed by atoms with van der Waals surface area (Å²) in [7, 11) is 3.30. The van der Waals surface area contributed by atoms with Crippen LogP contribution >= 0.6 is 0 Å². The second-order valence-corrected chi connectivity index (χ2v) is 18.9. The number of carbonyl (C=O) groups excluding carboxylic acids is 7. The van der Waals surface area contributed by atoms with E-state index in [1.165, 1.54) is 30.2 Å². The number of rotatable bonds is 24. The quantitative estimate of drug-likeness (QED) is 0.0443. The van der Waals surface area contributed by atoms with Gasteiger partial charge in [-0.1, -0.05) is 57.5 Å². The van der Waals surface area contributed by atoms with Crippen LogP contribution in [0.25, 0.3) is 16.8 Å². The Bertz CT molecular complexity index is 2860. The number of aromatic nitrogens is 4. The zero-order valence-corrected chi connectivity index (χ0v) is 41.8. The molecule has 388 valence electrons. The predicted molar refractivity (Wildman–Crippen MR) is 264 cm³/mol. The van der Waals surface area contributed by atoms with Crippen molar-refractivity contribution in [3.05, 3.63) is 119 Å². The molecule has 21 heteroatoms. The molecule has 2 aromatic carbocycles. The van der Waals surface area contributed by atoms with Gasteiger partial charge in [0, 0.05) is 80.6 Å². The van der Waals surface area contributed by atoms with Crippen molar-refractivity contribution in [1.82, 2.24) is 50.2 Å². The zero-order valence-electron chi connectivity index (χ0n) is 41.8. The number of ether oxygens (including phenoxy) is 1. The van der Waals surface area contributed by atoms with E-state index >= 15 is 4.39 Å². The maximum Gasteiger partial charge on any atom is 0.253 e. The van der Waals surface area contributed by atoms with Crippen molar-refractivity contribution in [2.45, 2.75) is 84.9 Å². The number of nitrogens with zero attached hydrogens (tertiary/aromatic N) is 6. The number of benzene rings is 2. The molecule has 6 rings (SSSR count). The summed E-state index contributed by atoms with van der Waals surface area (Å²) in [5, 5.41) is 25.7. The molecule has 73 heavy (non-hydrogen) atoms. The standard InChI is InChI=1S/C52H62F2N10O9/c1-32-36(48(60-62(32)6)50(71)52(2,3)4)22-24-73-49-37(17-18-38(53)47(49)54)34-16-19-40-55-26-35(64(40)30-34)31-61(5)46(70)29-58-51(72)39(25-33-13-9-7-10-14-33)59-43(67)28-57-42(66)27-56-41(65)15-11-8-12-23-63-44(68)20-21-45(63)69/h7,9-10,13-14,16-21,26,30,39,50,71H,8,11-12,15,22-25,27-29,31H2,1-6H3,(H,56,65)(H,57,66)(H,58,72)(H,59,67). The molecule has 0 radical (unpaired) electrons. The number of fused-ring (bicyclic) bond motifs is 1. The van der Waals surface area contributed by atoms with Crippen LogP contribution in [0, 0.1) is 24.0 Å². The van der Waals surface area contributed by atoms with E-state index in [0.717, 1.165) is 22.2 Å². The fraction of sp³-hybridized carbons (Fsp3) is 0.404. The minimum absolute atomic E-state index is 0.0291. The molecule has 1 aliphatic heterocycles. The molecule has 0 bridgehead atoms. The number of likely N-dealkylation sites (N-methyl/N-ethyl adjacent to an activating group) is 1. The third-order valence-corrected chi connectivity index (χ3v) is 12.4. The molecule has 2 atom stereocenters. The largest absolute Gasteiger partial charge is 0.489 e. The molecule has 7 amide bonds. The molecule has 1 aliphatic rings. The van der Waals surface area contributed by atoms with Gasteiger partial charge >= 0.3 is 0 Å². The molecule has 2 unspecified atom stereocenters. The Morgan fingerprint density at radius 1 is 0.863 bits per heavy atom. The number of hydrogen-bond donors (Lipinski definition) is 5. The molecule has 3 aromatic heterocycles. The van der Waals surface area contributed by atoms with Crippen LogP contribution in [0.1, 0.15) is 80.8 Å². The highest BCUT2D eigenvalue weighted by Gasteiger charge is 2.30. The molecule has 4 heterocycles. The van der Waals surface area contributed by atoms with E-state index in [-0.39, 0.29) is 68.0 Å². The van der Waals surface area contributed by atoms with Crippen LogP contribution in [0.3, 0.4) is 0 Å². The summed E-state index contributed by atoms with van der Waals surface area (Å²) in [6.45, 7) is 6.46. The summed E-state index contributed by atoms with van der Waals surface area (Å²) in [6.07, 6.45) is 6.80. The molecule has 0 saturated carbocycles. The van der Waals surface area contributed by atoms with E-state index in [0.29, 0.717) is 47.4 Å². The fourth-order valence-electron chi connectivity index (χ4n) is 8.03. The lowest BCUT2D eigenvalue weighted by Gasteiger charge is -2.25. The van der Waals surface area contributed by atoms with Crippen LogP contribution in [0.2, 0.25) is 0 Å². The Labute approximate surface area is 421 Å². The number of aliphatic hydroxyl groups is 1. The highest BCUT2D eigenvalue weighted by molar-refractivity contribution is 6.12. The predicted octanol–water partition coefficient (Wildman–Crippen LogP) is 3.54. The Hall–Kier alpha value is -7.81. The minimum atomic E-state index is -1.17. The SMILES string of the molecule is Cc1c(CCOc2c(-c3ccc4ncc(CN(C)C(=O)CNC(=O)C(Cc5ccccc5)NC(=O)CNC(=O)CNC(=O)CCCCCN5C(=O)C=CC5=O)n4c3)ccc(F)c2F)c(C(O)C(C)(C)C)nn1C. The maximum absolute atomic E-state index is 15.6. The number of imidazole rings is 1. The number of aryl methyl sites for hydroxylation is 1. The first kappa shape index (κ1) is 54.5. The summed E-state index contributed by atoms with van der Waals surface area (Å²) in [4.78, 5) is 95.1. The van der Waals surface area contributed by atoms with Gasteiger partial charge in [0.1, 0.15) is 17.8 Å². The number of halogens is 2. The van der Waals surface area contributed by atoms with Crippen molar-refractivity contribution in [2.75, 3.05) is 39.8 Å². The molecule has 0 fully saturated rings. The number of unbranched alkanes of at least 4 members (excludes halogenated alkanes) is 2. The van der Waals surface area contributed by atoms with E-state index in [4.69, 9.17) is 4.74 Å². The van der Waals surface area contributed by atoms with E-state index in [9.17, 15) is 43.1 Å². The second-order valence-electron chi connectivity index (χ2n) is 18.9. The lowest BCUT2D eigenvalue weighted by molar-refractivity contribution is -0.137. The zero-order chi connectivity index (χ0) is 53.0. The highest BCUT2D eigenvalue weighted by Crippen LogP contribution is 2.37. The Kier molecular flexibility index (Phi) is 18.3. The van der Waals surface area contributed by atoms with E-state index in [1.807, 2.05) is 27.7 Å². The van der Waals surface area contributed by atoms with Crippen LogP contribution in [0.5, 0.6) is 5.75 Å². The Morgan fingerprint density at radius 2 is 1.56 bits per heavy atom. The van der Waals surface area contributed by atoms with Crippen molar-refractivity contribution < 1.29 is 52.2 Å². The van der Waals surface area contributed by atoms with Gasteiger partial charge in [-0.3, -0.25) is 43.1 Å². The summed E-state index contributed by atoms with van der Waals surface area (Å²) >= 11 is 0. The first-order valence-corrected chi connectivity index (χ1v) is 23.9. The first-order chi connectivity index (χ1) is 34.7. The Morgan fingerprint density at radius 3 is 2.27 bits per heavy atom. The van der Waals surface area contributed by atoms with Crippen LogP contribution in [-0.2, 0) is 60.0 Å². The molecular weight excluding hydrogens is 947 g/mol. The molecule has 0 saturated heterocycles. The summed E-state index contributed by atoms with van der Waals surface area (Å²) < 4.78 is 39.6. The van der Waals surface area contributed by atoms with Gasteiger partial charge in [0.05, 0.1) is 50.4 Å². The third-order valence-electron chi connectivity index (χ3n) is 12.4. The van der Waals surface area contributed by atoms with Gasteiger partial charge < -0.3 is 40.4 Å². The first-order valence-electron chi connectivity index (χ1n) is 23.9. The van der Waals surface area contributed by atoms with E-state index in [2.05, 4.69) is 31.3 Å². The van der Waals surface area contributed by atoms with E-state index < -0.39 is 72.5 Å². The number of imide groups is 1. The second kappa shape index (κ2) is 24.5. The van der Waals surface area contributed by atoms with Crippen molar-refractivity contribution in [3.8, 4) is 16.9 Å². The van der Waals surface area contributed by atoms with Crippen LogP contribution in [0.4, 0.5) is 8.78 Å². The molecular formula is C52H62F2N10O9. The number of hydrogen-bond acceptors (Lipinski definition) is 11. The average molecular weight is 1010 g/mol. The number of carbonyl (C=O) groups is 7. The smallest absolute Gasteiger partial charge is 0.253 e. The van der Waals surface area contributed by atoms with Crippen molar-refractivity contribution in [2.24, 2.45) is 12.5 Å². The lowest BCUT2D eigenvalue weighted by Crippen LogP contribution is -2.52. The maximum atomic E-state index is 15.6. The number of nitrogens with one attached hydrogen (secondary N) is 4. The number of aliphatic hydroxyl groups excluding tert-OH is 1. The highest BCUT2D eigenvalue weighted by atomic mass is 19.2. The molecule has 5 aromatic rings. The number of amides is 7. The summed E-state index contributed by atoms with van der Waals surface area (Å²) in [6, 6.07) is 13.5. The van der Waals surface area contributed by atoms with E-state index in [1.54, 1.807) is 71.0 Å². The lowest BCUT2D eigenvalue weighted by atomic mass is 9.85. The van der Waals surface area contributed by atoms with Crippen molar-refractivity contribution in [1.29, 1.82) is 0 Å². The van der Waals surface area contributed by atoms with Crippen LogP contribution < -0.4 is 26.0 Å². The monoisotopic (exact) mass is 1010 g/mol. The van der Waals surface area contributed by atoms with Gasteiger partial charge in [0.25, 0.3) is 11.8 Å². The topological polar surface area (TPSA) is 239 Å². The van der Waals surface area contributed by atoms with Gasteiger partial charge in [-0.25, -0.2) is 9.37 Å². The van der Waals surface area contributed by atoms with Crippen LogP contribution in [0.15, 0.2) is 79.1 Å². The fourth-order valence-corrected chi connectivity index (χ4v) is 8.03. The van der Waals surface area contributed by atoms with Gasteiger partial charge in [0.2, 0.25) is 35.4 Å². The van der Waals surface area contributed by atoms with Crippen molar-refractivity contribution in [3.63, 3.8) is 0 Å². The van der Waals surface area contributed by atoms with Crippen molar-refractivity contribution >= 4 is 47.0 Å². The summed E-state index contributed by atoms with van der Waals surface area (Å²) in [5.41, 5.74) is 4.05. The van der Waals surface area contributed by atoms with Gasteiger partial charge in [0.15, 0.2) is 11.6 Å². The molecule has 0 aliphatic carbocycles. The van der Waals surface area contributed by atoms with Gasteiger partial charge in [-0.05, 0) is 55.0 Å².